The van der Waals surface area contributed by atoms with Gasteiger partial charge in [0.2, 0.25) is 6.04 Å². The van der Waals surface area contributed by atoms with Gasteiger partial charge in [0.05, 0.1) is 18.9 Å². The summed E-state index contributed by atoms with van der Waals surface area (Å²) in [4.78, 5) is 11.0. The van der Waals surface area contributed by atoms with Crippen LogP contribution in [0.15, 0.2) is 24.3 Å². The third kappa shape index (κ3) is 2.68. The largest absolute Gasteiger partial charge is 0.467 e. The van der Waals surface area contributed by atoms with Gasteiger partial charge < -0.3 is 10.1 Å². The number of methoxy groups -OCH3 is 1. The fourth-order valence-corrected chi connectivity index (χ4v) is 0.996. The summed E-state index contributed by atoms with van der Waals surface area (Å²) in [6.45, 7) is 0. The third-order valence-corrected chi connectivity index (χ3v) is 1.74. The SMILES string of the molecule is COC(=O)C(C#N)Nc1ccccc1F. The van der Waals surface area contributed by atoms with Gasteiger partial charge in [-0.05, 0) is 12.1 Å². The molecule has 0 radical (unpaired) electrons. The fraction of sp³-hybridized carbons (Fsp3) is 0.200. The van der Waals surface area contributed by atoms with Gasteiger partial charge in [-0.1, -0.05) is 12.1 Å². The maximum Gasteiger partial charge on any atom is 0.343 e. The Kier molecular flexibility index (Phi) is 3.63. The Bertz CT molecular complexity index is 401. The summed E-state index contributed by atoms with van der Waals surface area (Å²) in [6, 6.07) is 6.25. The standard InChI is InChI=1S/C10H9FN2O2/c1-15-10(14)9(6-12)13-8-5-3-2-4-7(8)11/h2-5,9,13H,1H3. The molecule has 0 saturated carbocycles. The number of ether oxygens (including phenoxy) is 1. The van der Waals surface area contributed by atoms with E-state index in [1.165, 1.54) is 18.2 Å². The molecule has 0 aliphatic carbocycles. The fourth-order valence-electron chi connectivity index (χ4n) is 0.996. The minimum atomic E-state index is -1.20. The molecule has 0 aromatic heterocycles. The quantitative estimate of drug-likeness (QED) is 0.760. The second-order valence-electron chi connectivity index (χ2n) is 2.71. The minimum Gasteiger partial charge on any atom is -0.467 e. The van der Waals surface area contributed by atoms with Gasteiger partial charge in [-0.3, -0.25) is 0 Å². The molecule has 0 fully saturated rings. The van der Waals surface area contributed by atoms with E-state index in [0.29, 0.717) is 0 Å². The molecular formula is C10H9FN2O2. The second-order valence-corrected chi connectivity index (χ2v) is 2.71. The van der Waals surface area contributed by atoms with Crippen LogP contribution < -0.4 is 5.32 Å². The predicted octanol–water partition coefficient (Wildman–Crippen LogP) is 1.30. The number of hydrogen-bond donors (Lipinski definition) is 1. The molecule has 0 bridgehead atoms. The molecule has 1 atom stereocenters. The summed E-state index contributed by atoms with van der Waals surface area (Å²) in [5.74, 6) is -1.28. The van der Waals surface area contributed by atoms with Gasteiger partial charge in [0.1, 0.15) is 5.82 Å². The molecule has 78 valence electrons. The second kappa shape index (κ2) is 4.96. The number of benzene rings is 1. The molecule has 1 rings (SSSR count). The first-order valence-electron chi connectivity index (χ1n) is 4.17. The molecule has 0 saturated heterocycles. The number of carbonyl (C=O) groups is 1. The molecule has 0 spiro atoms. The van der Waals surface area contributed by atoms with Crippen molar-refractivity contribution < 1.29 is 13.9 Å². The number of hydrogen-bond acceptors (Lipinski definition) is 4. The highest BCUT2D eigenvalue weighted by molar-refractivity contribution is 5.82. The van der Waals surface area contributed by atoms with Crippen LogP contribution in [0.4, 0.5) is 10.1 Å². The van der Waals surface area contributed by atoms with Crippen molar-refractivity contribution in [2.75, 3.05) is 12.4 Å². The molecule has 15 heavy (non-hydrogen) atoms. The Hall–Kier alpha value is -2.09. The normalized spacial score (nSPS) is 11.3. The summed E-state index contributed by atoms with van der Waals surface area (Å²) in [6.07, 6.45) is 0. The Labute approximate surface area is 86.3 Å². The number of nitrogens with zero attached hydrogens (tertiary/aromatic N) is 1. The van der Waals surface area contributed by atoms with Gasteiger partial charge in [0.15, 0.2) is 0 Å². The summed E-state index contributed by atoms with van der Waals surface area (Å²) in [5, 5.41) is 11.1. The molecule has 0 aliphatic rings. The molecule has 0 amide bonds. The van der Waals surface area contributed by atoms with Crippen molar-refractivity contribution in [3.05, 3.63) is 30.1 Å². The first kappa shape index (κ1) is 11.0. The van der Waals surface area contributed by atoms with Crippen LogP contribution in [0.5, 0.6) is 0 Å². The van der Waals surface area contributed by atoms with Crippen LogP contribution in [-0.4, -0.2) is 19.1 Å². The van der Waals surface area contributed by atoms with E-state index in [-0.39, 0.29) is 5.69 Å². The molecule has 5 heteroatoms. The first-order valence-corrected chi connectivity index (χ1v) is 4.17. The zero-order chi connectivity index (χ0) is 11.3. The molecule has 4 nitrogen and oxygen atoms in total. The van der Waals surface area contributed by atoms with Crippen molar-refractivity contribution in [1.82, 2.24) is 0 Å². The summed E-state index contributed by atoms with van der Waals surface area (Å²) >= 11 is 0. The summed E-state index contributed by atoms with van der Waals surface area (Å²) < 4.78 is 17.5. The average molecular weight is 208 g/mol. The maximum absolute atomic E-state index is 13.1. The minimum absolute atomic E-state index is 0.0921. The lowest BCUT2D eigenvalue weighted by molar-refractivity contribution is -0.140. The van der Waals surface area contributed by atoms with E-state index in [1.54, 1.807) is 12.1 Å². The van der Waals surface area contributed by atoms with E-state index in [2.05, 4.69) is 10.1 Å². The third-order valence-electron chi connectivity index (χ3n) is 1.74. The topological polar surface area (TPSA) is 62.1 Å². The number of carbonyl (C=O) groups excluding carboxylic acids is 1. The number of esters is 1. The molecule has 1 aromatic carbocycles. The van der Waals surface area contributed by atoms with Gasteiger partial charge >= 0.3 is 5.97 Å². The van der Waals surface area contributed by atoms with Crippen LogP contribution in [0, 0.1) is 17.1 Å². The number of nitrogens with one attached hydrogen (secondary N) is 1. The van der Waals surface area contributed by atoms with Crippen LogP contribution in [0.2, 0.25) is 0 Å². The molecule has 1 aromatic rings. The van der Waals surface area contributed by atoms with Crippen molar-refractivity contribution in [2.24, 2.45) is 0 Å². The number of rotatable bonds is 3. The van der Waals surface area contributed by atoms with E-state index in [1.807, 2.05) is 0 Å². The van der Waals surface area contributed by atoms with E-state index in [4.69, 9.17) is 5.26 Å². The Morgan fingerprint density at radius 2 is 2.27 bits per heavy atom. The highest BCUT2D eigenvalue weighted by Crippen LogP contribution is 2.13. The van der Waals surface area contributed by atoms with Gasteiger partial charge in [0.25, 0.3) is 0 Å². The van der Waals surface area contributed by atoms with Crippen LogP contribution in [0.3, 0.4) is 0 Å². The molecule has 0 heterocycles. The molecule has 0 aliphatic heterocycles. The van der Waals surface area contributed by atoms with Crippen molar-refractivity contribution >= 4 is 11.7 Å². The van der Waals surface area contributed by atoms with Crippen LogP contribution in [0.1, 0.15) is 0 Å². The summed E-state index contributed by atoms with van der Waals surface area (Å²) in [7, 11) is 1.16. The average Bonchev–Trinajstić information content (AvgIpc) is 2.27. The maximum atomic E-state index is 13.1. The Morgan fingerprint density at radius 1 is 1.60 bits per heavy atom. The van der Waals surface area contributed by atoms with E-state index >= 15 is 0 Å². The lowest BCUT2D eigenvalue weighted by atomic mass is 10.2. The van der Waals surface area contributed by atoms with Gasteiger partial charge in [-0.15, -0.1) is 0 Å². The van der Waals surface area contributed by atoms with E-state index in [9.17, 15) is 9.18 Å². The smallest absolute Gasteiger partial charge is 0.343 e. The predicted molar refractivity (Wildman–Crippen MR) is 51.4 cm³/mol. The number of para-hydroxylation sites is 1. The molecule has 1 unspecified atom stereocenters. The van der Waals surface area contributed by atoms with E-state index in [0.717, 1.165) is 7.11 Å². The molecular weight excluding hydrogens is 199 g/mol. The van der Waals surface area contributed by atoms with Crippen molar-refractivity contribution in [1.29, 1.82) is 5.26 Å². The summed E-state index contributed by atoms with van der Waals surface area (Å²) in [5.41, 5.74) is 0.0921. The highest BCUT2D eigenvalue weighted by Gasteiger charge is 2.18. The van der Waals surface area contributed by atoms with Crippen molar-refractivity contribution in [3.63, 3.8) is 0 Å². The Balaban J connectivity index is 2.81. The van der Waals surface area contributed by atoms with Crippen LogP contribution in [-0.2, 0) is 9.53 Å². The molecule has 1 N–H and O–H groups in total. The van der Waals surface area contributed by atoms with Gasteiger partial charge in [-0.25, -0.2) is 9.18 Å². The van der Waals surface area contributed by atoms with Gasteiger partial charge in [0, 0.05) is 0 Å². The number of halogens is 1. The highest BCUT2D eigenvalue weighted by atomic mass is 19.1. The van der Waals surface area contributed by atoms with Crippen molar-refractivity contribution in [2.45, 2.75) is 6.04 Å². The van der Waals surface area contributed by atoms with Gasteiger partial charge in [-0.2, -0.15) is 5.26 Å². The van der Waals surface area contributed by atoms with Crippen LogP contribution >= 0.6 is 0 Å². The first-order chi connectivity index (χ1) is 7.19. The van der Waals surface area contributed by atoms with Crippen molar-refractivity contribution in [3.8, 4) is 6.07 Å². The lowest BCUT2D eigenvalue weighted by Crippen LogP contribution is -2.29. The monoisotopic (exact) mass is 208 g/mol. The lowest BCUT2D eigenvalue weighted by Gasteiger charge is -2.10. The zero-order valence-corrected chi connectivity index (χ0v) is 8.03. The zero-order valence-electron chi connectivity index (χ0n) is 8.03. The number of anilines is 1. The Morgan fingerprint density at radius 3 is 2.80 bits per heavy atom. The van der Waals surface area contributed by atoms with E-state index < -0.39 is 17.8 Å². The number of nitriles is 1. The van der Waals surface area contributed by atoms with Crippen LogP contribution in [0.25, 0.3) is 0 Å².